The Morgan fingerprint density at radius 3 is 2.56 bits per heavy atom. The third-order valence-corrected chi connectivity index (χ3v) is 3.61. The Hall–Kier alpha value is -1.12. The first kappa shape index (κ1) is 14.9. The molecule has 0 aliphatic carbocycles. The lowest BCUT2D eigenvalue weighted by atomic mass is 9.98. The van der Waals surface area contributed by atoms with Gasteiger partial charge >= 0.3 is 0 Å². The lowest BCUT2D eigenvalue weighted by Crippen LogP contribution is -2.14. The molecular formula is C15H26N2O. The van der Waals surface area contributed by atoms with Gasteiger partial charge in [-0.05, 0) is 25.3 Å². The lowest BCUT2D eigenvalue weighted by Gasteiger charge is -2.12. The maximum Gasteiger partial charge on any atom is 0.141 e. The van der Waals surface area contributed by atoms with E-state index in [2.05, 4.69) is 25.9 Å². The molecule has 3 nitrogen and oxygen atoms in total. The average molecular weight is 250 g/mol. The second-order valence-electron chi connectivity index (χ2n) is 5.09. The molecule has 0 fully saturated rings. The van der Waals surface area contributed by atoms with Crippen LogP contribution in [0.5, 0.6) is 0 Å². The largest absolute Gasteiger partial charge is 0.299 e. The van der Waals surface area contributed by atoms with Crippen molar-refractivity contribution >= 4 is 5.78 Å². The first-order chi connectivity index (χ1) is 8.62. The van der Waals surface area contributed by atoms with Crippen LogP contribution < -0.4 is 0 Å². The average Bonchev–Trinajstić information content (AvgIpc) is 2.79. The van der Waals surface area contributed by atoms with Crippen molar-refractivity contribution < 1.29 is 4.79 Å². The molecule has 1 aromatic rings. The van der Waals surface area contributed by atoms with Gasteiger partial charge in [-0.1, -0.05) is 34.1 Å². The summed E-state index contributed by atoms with van der Waals surface area (Å²) in [5, 5.41) is 4.53. The van der Waals surface area contributed by atoms with Gasteiger partial charge in [-0.25, -0.2) is 0 Å². The van der Waals surface area contributed by atoms with Gasteiger partial charge in [-0.3, -0.25) is 9.48 Å². The van der Waals surface area contributed by atoms with Gasteiger partial charge in [0, 0.05) is 12.1 Å². The van der Waals surface area contributed by atoms with Crippen LogP contribution >= 0.6 is 0 Å². The summed E-state index contributed by atoms with van der Waals surface area (Å²) in [6.45, 7) is 8.48. The Morgan fingerprint density at radius 2 is 2.00 bits per heavy atom. The van der Waals surface area contributed by atoms with Gasteiger partial charge in [-0.2, -0.15) is 5.10 Å². The standard InChI is InChI=1S/C15H26N2O/c1-5-8-12(4)15(18)11-13-9-10-17(16-13)14(6-2)7-3/h9-10,12,14H,5-8,11H2,1-4H3. The number of aromatic nitrogens is 2. The Labute approximate surface area is 111 Å². The van der Waals surface area contributed by atoms with Crippen LogP contribution in [0.1, 0.15) is 65.1 Å². The molecule has 0 N–H and O–H groups in total. The zero-order valence-electron chi connectivity index (χ0n) is 12.1. The normalized spacial score (nSPS) is 12.9. The van der Waals surface area contributed by atoms with E-state index in [0.29, 0.717) is 18.2 Å². The molecule has 102 valence electrons. The summed E-state index contributed by atoms with van der Waals surface area (Å²) in [5.74, 6) is 0.472. The van der Waals surface area contributed by atoms with Gasteiger partial charge < -0.3 is 0 Å². The van der Waals surface area contributed by atoms with E-state index in [-0.39, 0.29) is 5.92 Å². The van der Waals surface area contributed by atoms with Crippen molar-refractivity contribution in [3.05, 3.63) is 18.0 Å². The molecule has 1 atom stereocenters. The van der Waals surface area contributed by atoms with E-state index in [1.54, 1.807) is 0 Å². The third kappa shape index (κ3) is 3.97. The van der Waals surface area contributed by atoms with E-state index < -0.39 is 0 Å². The fraction of sp³-hybridized carbons (Fsp3) is 0.733. The summed E-state index contributed by atoms with van der Waals surface area (Å²) < 4.78 is 2.01. The topological polar surface area (TPSA) is 34.9 Å². The highest BCUT2D eigenvalue weighted by Crippen LogP contribution is 2.16. The Morgan fingerprint density at radius 1 is 1.33 bits per heavy atom. The highest BCUT2D eigenvalue weighted by atomic mass is 16.1. The molecule has 0 saturated carbocycles. The molecule has 0 aliphatic heterocycles. The van der Waals surface area contributed by atoms with Crippen molar-refractivity contribution in [3.63, 3.8) is 0 Å². The van der Waals surface area contributed by atoms with Gasteiger partial charge in [-0.15, -0.1) is 0 Å². The molecule has 1 aromatic heterocycles. The van der Waals surface area contributed by atoms with E-state index in [1.807, 2.05) is 23.9 Å². The van der Waals surface area contributed by atoms with Crippen LogP contribution in [-0.2, 0) is 11.2 Å². The molecule has 1 unspecified atom stereocenters. The van der Waals surface area contributed by atoms with Gasteiger partial charge in [0.05, 0.1) is 18.2 Å². The molecule has 1 heterocycles. The molecular weight excluding hydrogens is 224 g/mol. The minimum absolute atomic E-state index is 0.160. The van der Waals surface area contributed by atoms with E-state index in [1.165, 1.54) is 0 Å². The highest BCUT2D eigenvalue weighted by Gasteiger charge is 2.15. The minimum atomic E-state index is 0.160. The molecule has 0 aliphatic rings. The zero-order chi connectivity index (χ0) is 13.5. The first-order valence-corrected chi connectivity index (χ1v) is 7.19. The number of carbonyl (C=O) groups excluding carboxylic acids is 1. The lowest BCUT2D eigenvalue weighted by molar-refractivity contribution is -0.121. The van der Waals surface area contributed by atoms with Crippen LogP contribution in [0.4, 0.5) is 0 Å². The summed E-state index contributed by atoms with van der Waals surface area (Å²) in [6.07, 6.45) is 6.69. The zero-order valence-corrected chi connectivity index (χ0v) is 12.1. The third-order valence-electron chi connectivity index (χ3n) is 3.61. The molecule has 0 radical (unpaired) electrons. The van der Waals surface area contributed by atoms with Crippen LogP contribution in [-0.4, -0.2) is 15.6 Å². The van der Waals surface area contributed by atoms with Crippen LogP contribution in [0, 0.1) is 5.92 Å². The van der Waals surface area contributed by atoms with Crippen molar-refractivity contribution in [1.82, 2.24) is 9.78 Å². The number of rotatable bonds is 8. The number of ketones is 1. The number of Topliss-reactive ketones (excluding diaryl/α,β-unsaturated/α-hetero) is 1. The number of hydrogen-bond acceptors (Lipinski definition) is 2. The summed E-state index contributed by atoms with van der Waals surface area (Å²) in [7, 11) is 0. The van der Waals surface area contributed by atoms with Gasteiger partial charge in [0.15, 0.2) is 0 Å². The maximum absolute atomic E-state index is 12.0. The summed E-state index contributed by atoms with van der Waals surface area (Å²) in [4.78, 5) is 12.0. The second-order valence-corrected chi connectivity index (χ2v) is 5.09. The van der Waals surface area contributed by atoms with Crippen molar-refractivity contribution in [1.29, 1.82) is 0 Å². The molecule has 1 rings (SSSR count). The fourth-order valence-corrected chi connectivity index (χ4v) is 2.28. The molecule has 18 heavy (non-hydrogen) atoms. The van der Waals surface area contributed by atoms with E-state index >= 15 is 0 Å². The van der Waals surface area contributed by atoms with E-state index in [0.717, 1.165) is 31.4 Å². The SMILES string of the molecule is CCCC(C)C(=O)Cc1ccn(C(CC)CC)n1. The van der Waals surface area contributed by atoms with Gasteiger partial charge in [0.2, 0.25) is 0 Å². The highest BCUT2D eigenvalue weighted by molar-refractivity contribution is 5.82. The molecule has 0 saturated heterocycles. The smallest absolute Gasteiger partial charge is 0.141 e. The van der Waals surface area contributed by atoms with Crippen molar-refractivity contribution in [2.45, 2.75) is 65.8 Å². The Bertz CT molecular complexity index is 366. The van der Waals surface area contributed by atoms with Crippen LogP contribution in [0.2, 0.25) is 0 Å². The van der Waals surface area contributed by atoms with Crippen LogP contribution in [0.15, 0.2) is 12.3 Å². The fourth-order valence-electron chi connectivity index (χ4n) is 2.28. The molecule has 3 heteroatoms. The Balaban J connectivity index is 2.61. The summed E-state index contributed by atoms with van der Waals surface area (Å²) in [5.41, 5.74) is 0.912. The number of nitrogens with zero attached hydrogens (tertiary/aromatic N) is 2. The second kappa shape index (κ2) is 7.34. The van der Waals surface area contributed by atoms with Crippen molar-refractivity contribution in [2.75, 3.05) is 0 Å². The van der Waals surface area contributed by atoms with E-state index in [9.17, 15) is 4.79 Å². The summed E-state index contributed by atoms with van der Waals surface area (Å²) >= 11 is 0. The predicted octanol–water partition coefficient (Wildman–Crippen LogP) is 3.79. The maximum atomic E-state index is 12.0. The minimum Gasteiger partial charge on any atom is -0.299 e. The van der Waals surface area contributed by atoms with Crippen molar-refractivity contribution in [3.8, 4) is 0 Å². The molecule has 0 aromatic carbocycles. The summed E-state index contributed by atoms with van der Waals surface area (Å²) in [6, 6.07) is 2.44. The number of hydrogen-bond donors (Lipinski definition) is 0. The van der Waals surface area contributed by atoms with Crippen LogP contribution in [0.25, 0.3) is 0 Å². The van der Waals surface area contributed by atoms with E-state index in [4.69, 9.17) is 0 Å². The van der Waals surface area contributed by atoms with Gasteiger partial charge in [0.25, 0.3) is 0 Å². The molecule has 0 amide bonds. The quantitative estimate of drug-likeness (QED) is 0.703. The van der Waals surface area contributed by atoms with Crippen molar-refractivity contribution in [2.24, 2.45) is 5.92 Å². The Kier molecular flexibility index (Phi) is 6.10. The number of carbonyl (C=O) groups is 1. The first-order valence-electron chi connectivity index (χ1n) is 7.19. The monoisotopic (exact) mass is 250 g/mol. The molecule has 0 spiro atoms. The predicted molar refractivity (Wildman–Crippen MR) is 74.6 cm³/mol. The van der Waals surface area contributed by atoms with Crippen LogP contribution in [0.3, 0.4) is 0 Å². The van der Waals surface area contributed by atoms with Gasteiger partial charge in [0.1, 0.15) is 5.78 Å². The molecule has 0 bridgehead atoms.